The van der Waals surface area contributed by atoms with Crippen molar-refractivity contribution in [2.75, 3.05) is 13.1 Å². The van der Waals surface area contributed by atoms with Gasteiger partial charge in [0.05, 0.1) is 5.92 Å². The molecule has 2 atom stereocenters. The Kier molecular flexibility index (Phi) is 2.75. The van der Waals surface area contributed by atoms with Gasteiger partial charge in [0.25, 0.3) is 0 Å². The Labute approximate surface area is 91.5 Å². The summed E-state index contributed by atoms with van der Waals surface area (Å²) in [5, 5.41) is 9.11. The van der Waals surface area contributed by atoms with Gasteiger partial charge < -0.3 is 5.11 Å². The molecule has 1 aliphatic heterocycles. The molecule has 2 aliphatic rings. The second kappa shape index (κ2) is 3.78. The van der Waals surface area contributed by atoms with Gasteiger partial charge in [-0.25, -0.2) is 0 Å². The largest absolute Gasteiger partial charge is 0.481 e. The molecular formula is C12H21NO2. The Morgan fingerprint density at radius 1 is 1.47 bits per heavy atom. The number of carboxylic acids is 1. The van der Waals surface area contributed by atoms with E-state index in [4.69, 9.17) is 5.11 Å². The predicted octanol–water partition coefficient (Wildman–Crippen LogP) is 1.97. The van der Waals surface area contributed by atoms with Gasteiger partial charge in [0, 0.05) is 19.1 Å². The summed E-state index contributed by atoms with van der Waals surface area (Å²) in [6.45, 7) is 6.71. The normalized spacial score (nSPS) is 35.1. The fourth-order valence-corrected chi connectivity index (χ4v) is 3.06. The molecule has 1 saturated carbocycles. The molecule has 1 aliphatic carbocycles. The maximum absolute atomic E-state index is 11.1. The van der Waals surface area contributed by atoms with Gasteiger partial charge in [0.2, 0.25) is 0 Å². The van der Waals surface area contributed by atoms with Crippen molar-refractivity contribution in [2.24, 2.45) is 11.3 Å². The van der Waals surface area contributed by atoms with Crippen molar-refractivity contribution in [3.63, 3.8) is 0 Å². The van der Waals surface area contributed by atoms with Crippen LogP contribution >= 0.6 is 0 Å². The molecule has 3 nitrogen and oxygen atoms in total. The Morgan fingerprint density at radius 2 is 2.13 bits per heavy atom. The maximum Gasteiger partial charge on any atom is 0.308 e. The standard InChI is InChI=1S/C12H21NO2/c1-3-12(2)7-13(8-12)10-6-4-5-9(10)11(14)15/h9-10H,3-8H2,1-2H3,(H,14,15). The highest BCUT2D eigenvalue weighted by atomic mass is 16.4. The van der Waals surface area contributed by atoms with Crippen molar-refractivity contribution < 1.29 is 9.90 Å². The molecule has 2 fully saturated rings. The van der Waals surface area contributed by atoms with Crippen LogP contribution in [0.2, 0.25) is 0 Å². The van der Waals surface area contributed by atoms with Gasteiger partial charge in [-0.2, -0.15) is 0 Å². The summed E-state index contributed by atoms with van der Waals surface area (Å²) in [5.41, 5.74) is 0.450. The van der Waals surface area contributed by atoms with Crippen molar-refractivity contribution in [1.29, 1.82) is 0 Å². The van der Waals surface area contributed by atoms with Gasteiger partial charge in [-0.15, -0.1) is 0 Å². The van der Waals surface area contributed by atoms with Crippen LogP contribution < -0.4 is 0 Å². The second-order valence-corrected chi connectivity index (χ2v) is 5.51. The van der Waals surface area contributed by atoms with E-state index in [2.05, 4.69) is 18.7 Å². The molecule has 86 valence electrons. The molecule has 1 heterocycles. The minimum absolute atomic E-state index is 0.105. The molecule has 0 aromatic heterocycles. The first-order valence-corrected chi connectivity index (χ1v) is 6.02. The van der Waals surface area contributed by atoms with Crippen molar-refractivity contribution in [3.05, 3.63) is 0 Å². The van der Waals surface area contributed by atoms with Crippen LogP contribution in [0.25, 0.3) is 0 Å². The van der Waals surface area contributed by atoms with E-state index in [9.17, 15) is 4.79 Å². The molecular weight excluding hydrogens is 190 g/mol. The summed E-state index contributed by atoms with van der Waals surface area (Å²) >= 11 is 0. The van der Waals surface area contributed by atoms with Gasteiger partial charge in [-0.1, -0.05) is 20.3 Å². The Morgan fingerprint density at radius 3 is 2.67 bits per heavy atom. The molecule has 0 aromatic carbocycles. The smallest absolute Gasteiger partial charge is 0.308 e. The van der Waals surface area contributed by atoms with E-state index in [1.165, 1.54) is 6.42 Å². The third kappa shape index (κ3) is 1.89. The molecule has 15 heavy (non-hydrogen) atoms. The zero-order valence-corrected chi connectivity index (χ0v) is 9.70. The lowest BCUT2D eigenvalue weighted by atomic mass is 9.77. The van der Waals surface area contributed by atoms with Crippen molar-refractivity contribution >= 4 is 5.97 Å². The van der Waals surface area contributed by atoms with E-state index in [1.54, 1.807) is 0 Å². The lowest BCUT2D eigenvalue weighted by molar-refractivity contribution is -0.145. The number of carbonyl (C=O) groups is 1. The van der Waals surface area contributed by atoms with Crippen LogP contribution in [0.3, 0.4) is 0 Å². The van der Waals surface area contributed by atoms with Crippen LogP contribution in [0.5, 0.6) is 0 Å². The summed E-state index contributed by atoms with van der Waals surface area (Å²) < 4.78 is 0. The molecule has 0 radical (unpaired) electrons. The van der Waals surface area contributed by atoms with Crippen LogP contribution in [0.4, 0.5) is 0 Å². The van der Waals surface area contributed by atoms with E-state index in [-0.39, 0.29) is 5.92 Å². The van der Waals surface area contributed by atoms with Crippen LogP contribution in [0.15, 0.2) is 0 Å². The summed E-state index contributed by atoms with van der Waals surface area (Å²) in [5.74, 6) is -0.700. The first-order chi connectivity index (χ1) is 7.06. The Hall–Kier alpha value is -0.570. The third-order valence-corrected chi connectivity index (χ3v) is 4.29. The van der Waals surface area contributed by atoms with Crippen molar-refractivity contribution in [2.45, 2.75) is 45.6 Å². The molecule has 0 amide bonds. The lowest BCUT2D eigenvalue weighted by Gasteiger charge is -2.51. The molecule has 1 saturated heterocycles. The van der Waals surface area contributed by atoms with Gasteiger partial charge in [-0.05, 0) is 24.7 Å². The van der Waals surface area contributed by atoms with Crippen LogP contribution in [-0.4, -0.2) is 35.1 Å². The number of carboxylic acid groups (broad SMARTS) is 1. The minimum atomic E-state index is -0.595. The molecule has 0 spiro atoms. The maximum atomic E-state index is 11.1. The topological polar surface area (TPSA) is 40.5 Å². The average Bonchev–Trinajstić information content (AvgIpc) is 2.61. The number of aliphatic carboxylic acids is 1. The SMILES string of the molecule is CCC1(C)CN(C2CCCC2C(=O)O)C1. The third-order valence-electron chi connectivity index (χ3n) is 4.29. The monoisotopic (exact) mass is 211 g/mol. The molecule has 2 unspecified atom stereocenters. The minimum Gasteiger partial charge on any atom is -0.481 e. The van der Waals surface area contributed by atoms with Gasteiger partial charge in [0.15, 0.2) is 0 Å². The number of hydrogen-bond acceptors (Lipinski definition) is 2. The first-order valence-electron chi connectivity index (χ1n) is 6.02. The number of rotatable bonds is 3. The summed E-state index contributed by atoms with van der Waals surface area (Å²) in [7, 11) is 0. The van der Waals surface area contributed by atoms with Crippen LogP contribution in [0, 0.1) is 11.3 Å². The summed E-state index contributed by atoms with van der Waals surface area (Å²) in [6.07, 6.45) is 4.24. The van der Waals surface area contributed by atoms with Gasteiger partial charge in [0.1, 0.15) is 0 Å². The predicted molar refractivity (Wildman–Crippen MR) is 58.7 cm³/mol. The Bertz CT molecular complexity index is 258. The van der Waals surface area contributed by atoms with Gasteiger partial charge in [-0.3, -0.25) is 9.69 Å². The van der Waals surface area contributed by atoms with E-state index in [1.807, 2.05) is 0 Å². The van der Waals surface area contributed by atoms with Crippen LogP contribution in [0.1, 0.15) is 39.5 Å². The first kappa shape index (κ1) is 10.9. The Balaban J connectivity index is 1.93. The second-order valence-electron chi connectivity index (χ2n) is 5.51. The highest BCUT2D eigenvalue weighted by Gasteiger charge is 2.45. The molecule has 0 bridgehead atoms. The van der Waals surface area contributed by atoms with Gasteiger partial charge >= 0.3 is 5.97 Å². The molecule has 3 heteroatoms. The van der Waals surface area contributed by atoms with Crippen molar-refractivity contribution in [1.82, 2.24) is 4.90 Å². The zero-order valence-electron chi connectivity index (χ0n) is 9.70. The highest BCUT2D eigenvalue weighted by molar-refractivity contribution is 5.71. The van der Waals surface area contributed by atoms with E-state index >= 15 is 0 Å². The van der Waals surface area contributed by atoms with E-state index in [0.29, 0.717) is 11.5 Å². The number of likely N-dealkylation sites (tertiary alicyclic amines) is 1. The molecule has 2 rings (SSSR count). The van der Waals surface area contributed by atoms with E-state index in [0.717, 1.165) is 32.4 Å². The van der Waals surface area contributed by atoms with Crippen LogP contribution in [-0.2, 0) is 4.79 Å². The van der Waals surface area contributed by atoms with Crippen molar-refractivity contribution in [3.8, 4) is 0 Å². The highest BCUT2D eigenvalue weighted by Crippen LogP contribution is 2.40. The quantitative estimate of drug-likeness (QED) is 0.776. The number of hydrogen-bond donors (Lipinski definition) is 1. The van der Waals surface area contributed by atoms with E-state index < -0.39 is 5.97 Å². The summed E-state index contributed by atoms with van der Waals surface area (Å²) in [4.78, 5) is 13.4. The fraction of sp³-hybridized carbons (Fsp3) is 0.917. The fourth-order valence-electron chi connectivity index (χ4n) is 3.06. The number of nitrogens with zero attached hydrogens (tertiary/aromatic N) is 1. The molecule has 1 N–H and O–H groups in total. The lowest BCUT2D eigenvalue weighted by Crippen LogP contribution is -2.59. The molecule has 0 aromatic rings. The zero-order chi connectivity index (χ0) is 11.1. The average molecular weight is 211 g/mol. The summed E-state index contributed by atoms with van der Waals surface area (Å²) in [6, 6.07) is 0.321.